The molecule has 0 aromatic carbocycles. The van der Waals surface area contributed by atoms with E-state index in [1.807, 2.05) is 19.1 Å². The topological polar surface area (TPSA) is 61.0 Å². The van der Waals surface area contributed by atoms with Crippen LogP contribution in [-0.2, 0) is 0 Å². The smallest absolute Gasteiger partial charge is 0.257 e. The predicted octanol–water partition coefficient (Wildman–Crippen LogP) is 1.01. The number of rotatable bonds is 3. The molecule has 0 aliphatic heterocycles. The fraction of sp³-hybridized carbons (Fsp3) is 0.250. The summed E-state index contributed by atoms with van der Waals surface area (Å²) >= 11 is 0. The fourth-order valence-corrected chi connectivity index (χ4v) is 0.671. The molecule has 0 aliphatic rings. The van der Waals surface area contributed by atoms with Crippen LogP contribution in [-0.4, -0.2) is 16.6 Å². The first kappa shape index (κ1) is 8.52. The summed E-state index contributed by atoms with van der Waals surface area (Å²) in [6.07, 6.45) is 6.83. The Morgan fingerprint density at radius 3 is 2.92 bits per heavy atom. The third-order valence-electron chi connectivity index (χ3n) is 1.24. The van der Waals surface area contributed by atoms with Crippen LogP contribution < -0.4 is 10.5 Å². The molecule has 12 heavy (non-hydrogen) atoms. The van der Waals surface area contributed by atoms with Crippen LogP contribution in [0.15, 0.2) is 24.5 Å². The number of anilines is 1. The Bertz CT molecular complexity index is 273. The van der Waals surface area contributed by atoms with Crippen molar-refractivity contribution in [2.24, 2.45) is 0 Å². The molecule has 0 atom stereocenters. The van der Waals surface area contributed by atoms with Gasteiger partial charge in [-0.25, -0.2) is 9.97 Å². The quantitative estimate of drug-likeness (QED) is 0.679. The largest absolute Gasteiger partial charge is 0.471 e. The van der Waals surface area contributed by atoms with Crippen LogP contribution in [0.2, 0.25) is 0 Å². The van der Waals surface area contributed by atoms with E-state index in [-0.39, 0.29) is 0 Å². The van der Waals surface area contributed by atoms with Crippen LogP contribution in [0.25, 0.3) is 0 Å². The Morgan fingerprint density at radius 2 is 2.25 bits per heavy atom. The Labute approximate surface area is 71.1 Å². The van der Waals surface area contributed by atoms with Crippen LogP contribution in [0.4, 0.5) is 5.82 Å². The van der Waals surface area contributed by atoms with Crippen molar-refractivity contribution in [3.63, 3.8) is 0 Å². The van der Waals surface area contributed by atoms with Crippen molar-refractivity contribution in [2.75, 3.05) is 12.3 Å². The zero-order valence-corrected chi connectivity index (χ0v) is 6.90. The molecular weight excluding hydrogens is 154 g/mol. The van der Waals surface area contributed by atoms with Crippen LogP contribution in [0.3, 0.4) is 0 Å². The van der Waals surface area contributed by atoms with Gasteiger partial charge in [-0.3, -0.25) is 0 Å². The Hall–Kier alpha value is -1.58. The van der Waals surface area contributed by atoms with Crippen LogP contribution in [0.5, 0.6) is 5.88 Å². The lowest BCUT2D eigenvalue weighted by Gasteiger charge is -2.02. The van der Waals surface area contributed by atoms with Gasteiger partial charge >= 0.3 is 0 Å². The average Bonchev–Trinajstić information content (AvgIpc) is 2.09. The Balaban J connectivity index is 2.57. The van der Waals surface area contributed by atoms with Gasteiger partial charge in [0.25, 0.3) is 5.88 Å². The first-order valence-electron chi connectivity index (χ1n) is 3.65. The Morgan fingerprint density at radius 1 is 1.50 bits per heavy atom. The molecule has 1 rings (SSSR count). The summed E-state index contributed by atoms with van der Waals surface area (Å²) < 4.78 is 5.19. The zero-order chi connectivity index (χ0) is 8.81. The molecule has 0 unspecified atom stereocenters. The molecule has 0 saturated heterocycles. The summed E-state index contributed by atoms with van der Waals surface area (Å²) in [4.78, 5) is 7.73. The van der Waals surface area contributed by atoms with Gasteiger partial charge in [0.05, 0.1) is 0 Å². The van der Waals surface area contributed by atoms with Gasteiger partial charge in [0, 0.05) is 12.4 Å². The van der Waals surface area contributed by atoms with Gasteiger partial charge in [-0.1, -0.05) is 12.2 Å². The summed E-state index contributed by atoms with van der Waals surface area (Å²) in [6.45, 7) is 2.39. The lowest BCUT2D eigenvalue weighted by Crippen LogP contribution is -2.01. The van der Waals surface area contributed by atoms with E-state index in [2.05, 4.69) is 9.97 Å². The highest BCUT2D eigenvalue weighted by atomic mass is 16.5. The van der Waals surface area contributed by atoms with Crippen molar-refractivity contribution in [1.82, 2.24) is 9.97 Å². The van der Waals surface area contributed by atoms with E-state index in [1.165, 1.54) is 6.20 Å². The number of ether oxygens (including phenoxy) is 1. The molecule has 0 spiro atoms. The maximum Gasteiger partial charge on any atom is 0.257 e. The standard InChI is InChI=1S/C8H11N3O/c1-2-3-6-12-8-7(9)10-4-5-11-8/h2-5H,6H2,1H3,(H2,9,10)/b3-2+. The summed E-state index contributed by atoms with van der Waals surface area (Å²) in [6, 6.07) is 0. The van der Waals surface area contributed by atoms with Gasteiger partial charge < -0.3 is 10.5 Å². The highest BCUT2D eigenvalue weighted by molar-refractivity contribution is 5.38. The van der Waals surface area contributed by atoms with Gasteiger partial charge in [0.2, 0.25) is 0 Å². The van der Waals surface area contributed by atoms with Gasteiger partial charge in [0.15, 0.2) is 5.82 Å². The highest BCUT2D eigenvalue weighted by Gasteiger charge is 1.98. The second kappa shape index (κ2) is 4.33. The molecule has 4 heteroatoms. The number of nitrogen functional groups attached to an aromatic ring is 1. The lowest BCUT2D eigenvalue weighted by atomic mass is 10.5. The molecule has 64 valence electrons. The normalized spacial score (nSPS) is 10.4. The number of allylic oxidation sites excluding steroid dienone is 1. The first-order valence-corrected chi connectivity index (χ1v) is 3.65. The van der Waals surface area contributed by atoms with Crippen LogP contribution in [0.1, 0.15) is 6.92 Å². The number of aromatic nitrogens is 2. The third-order valence-corrected chi connectivity index (χ3v) is 1.24. The van der Waals surface area contributed by atoms with Crippen molar-refractivity contribution < 1.29 is 4.74 Å². The first-order chi connectivity index (χ1) is 5.84. The van der Waals surface area contributed by atoms with E-state index in [0.717, 1.165) is 0 Å². The van der Waals surface area contributed by atoms with Crippen LogP contribution >= 0.6 is 0 Å². The van der Waals surface area contributed by atoms with Crippen molar-refractivity contribution in [3.8, 4) is 5.88 Å². The molecule has 0 radical (unpaired) electrons. The summed E-state index contributed by atoms with van der Waals surface area (Å²) in [5, 5.41) is 0. The van der Waals surface area contributed by atoms with Crippen molar-refractivity contribution in [3.05, 3.63) is 24.5 Å². The molecule has 1 heterocycles. The number of nitrogens with zero attached hydrogens (tertiary/aromatic N) is 2. The molecule has 1 aromatic heterocycles. The van der Waals surface area contributed by atoms with Gasteiger partial charge in [0.1, 0.15) is 6.61 Å². The van der Waals surface area contributed by atoms with E-state index in [9.17, 15) is 0 Å². The average molecular weight is 165 g/mol. The van der Waals surface area contributed by atoms with Gasteiger partial charge in [-0.15, -0.1) is 0 Å². The SMILES string of the molecule is C/C=C/COc1nccnc1N. The van der Waals surface area contributed by atoms with E-state index in [1.54, 1.807) is 6.20 Å². The molecule has 4 nitrogen and oxygen atoms in total. The fourth-order valence-electron chi connectivity index (χ4n) is 0.671. The minimum atomic E-state index is 0.321. The van der Waals surface area contributed by atoms with Gasteiger partial charge in [-0.05, 0) is 6.92 Å². The zero-order valence-electron chi connectivity index (χ0n) is 6.90. The number of hydrogen-bond acceptors (Lipinski definition) is 4. The number of hydrogen-bond donors (Lipinski definition) is 1. The minimum absolute atomic E-state index is 0.321. The molecule has 0 amide bonds. The second-order valence-corrected chi connectivity index (χ2v) is 2.13. The molecule has 0 fully saturated rings. The monoisotopic (exact) mass is 165 g/mol. The summed E-state index contributed by atoms with van der Waals surface area (Å²) in [7, 11) is 0. The van der Waals surface area contributed by atoms with E-state index in [4.69, 9.17) is 10.5 Å². The van der Waals surface area contributed by atoms with E-state index in [0.29, 0.717) is 18.3 Å². The summed E-state index contributed by atoms with van der Waals surface area (Å²) in [5.41, 5.74) is 5.48. The Kier molecular flexibility index (Phi) is 3.07. The summed E-state index contributed by atoms with van der Waals surface area (Å²) in [5.74, 6) is 0.706. The third kappa shape index (κ3) is 2.23. The predicted molar refractivity (Wildman–Crippen MR) is 46.8 cm³/mol. The molecule has 0 saturated carbocycles. The highest BCUT2D eigenvalue weighted by Crippen LogP contribution is 2.11. The second-order valence-electron chi connectivity index (χ2n) is 2.13. The molecular formula is C8H11N3O. The van der Waals surface area contributed by atoms with Crippen molar-refractivity contribution in [2.45, 2.75) is 6.92 Å². The van der Waals surface area contributed by atoms with E-state index >= 15 is 0 Å². The molecule has 1 aromatic rings. The molecule has 0 aliphatic carbocycles. The minimum Gasteiger partial charge on any atom is -0.471 e. The molecule has 0 bridgehead atoms. The maximum atomic E-state index is 5.48. The van der Waals surface area contributed by atoms with Crippen molar-refractivity contribution >= 4 is 5.82 Å². The van der Waals surface area contributed by atoms with Crippen molar-refractivity contribution in [1.29, 1.82) is 0 Å². The van der Waals surface area contributed by atoms with Crippen LogP contribution in [0, 0.1) is 0 Å². The van der Waals surface area contributed by atoms with E-state index < -0.39 is 0 Å². The lowest BCUT2D eigenvalue weighted by molar-refractivity contribution is 0.349. The number of nitrogens with two attached hydrogens (primary N) is 1. The van der Waals surface area contributed by atoms with Gasteiger partial charge in [-0.2, -0.15) is 0 Å². The maximum absolute atomic E-state index is 5.48. The molecule has 2 N–H and O–H groups in total.